The van der Waals surface area contributed by atoms with Crippen LogP contribution >= 0.6 is 7.26 Å². The number of nitrogens with zero attached hydrogens (tertiary/aromatic N) is 1. The van der Waals surface area contributed by atoms with Crippen LogP contribution in [0.2, 0.25) is 0 Å². The molecule has 0 saturated carbocycles. The Labute approximate surface area is 103 Å². The first-order valence-electron chi connectivity index (χ1n) is 6.96. The summed E-state index contributed by atoms with van der Waals surface area (Å²) in [6.07, 6.45) is 12.9. The van der Waals surface area contributed by atoms with Crippen molar-refractivity contribution in [1.29, 1.82) is 5.26 Å². The highest BCUT2D eigenvalue weighted by Gasteiger charge is 2.34. The van der Waals surface area contributed by atoms with Gasteiger partial charge in [0.25, 0.3) is 0 Å². The molecule has 0 unspecified atom stereocenters. The highest BCUT2D eigenvalue weighted by molar-refractivity contribution is 7.76. The van der Waals surface area contributed by atoms with Crippen molar-refractivity contribution in [1.82, 2.24) is 0 Å². The summed E-state index contributed by atoms with van der Waals surface area (Å²) in [5.74, 6) is 0. The van der Waals surface area contributed by atoms with Gasteiger partial charge in [0.2, 0.25) is 0 Å². The first-order valence-corrected chi connectivity index (χ1v) is 9.49. The zero-order chi connectivity index (χ0) is 12.3. The molecule has 0 aliphatic rings. The second-order valence-corrected chi connectivity index (χ2v) is 9.23. The van der Waals surface area contributed by atoms with Gasteiger partial charge < -0.3 is 0 Å². The van der Waals surface area contributed by atoms with E-state index in [-0.39, 0.29) is 0 Å². The second kappa shape index (κ2) is 10.1. The van der Waals surface area contributed by atoms with Gasteiger partial charge in [0.1, 0.15) is 12.2 Å². The summed E-state index contributed by atoms with van der Waals surface area (Å²) in [6.45, 7) is 6.79. The van der Waals surface area contributed by atoms with Crippen molar-refractivity contribution >= 4 is 7.26 Å². The highest BCUT2D eigenvalue weighted by Crippen LogP contribution is 2.60. The van der Waals surface area contributed by atoms with E-state index in [0.717, 1.165) is 6.16 Å². The third kappa shape index (κ3) is 6.49. The predicted molar refractivity (Wildman–Crippen MR) is 76.7 cm³/mol. The zero-order valence-electron chi connectivity index (χ0n) is 11.5. The van der Waals surface area contributed by atoms with E-state index in [4.69, 9.17) is 5.26 Å². The summed E-state index contributed by atoms with van der Waals surface area (Å²) in [6, 6.07) is 2.48. The van der Waals surface area contributed by atoms with Gasteiger partial charge >= 0.3 is 0 Å². The number of nitriles is 1. The molecule has 94 valence electrons. The molecule has 0 N–H and O–H groups in total. The maximum Gasteiger partial charge on any atom is 0.144 e. The highest BCUT2D eigenvalue weighted by atomic mass is 31.2. The van der Waals surface area contributed by atoms with Gasteiger partial charge in [0.05, 0.1) is 18.5 Å². The summed E-state index contributed by atoms with van der Waals surface area (Å²) in [5.41, 5.74) is 0. The molecule has 0 aromatic rings. The summed E-state index contributed by atoms with van der Waals surface area (Å²) in [5, 5.41) is 9.08. The Bertz CT molecular complexity index is 174. The van der Waals surface area contributed by atoms with Gasteiger partial charge in [-0.05, 0) is 19.3 Å². The zero-order valence-corrected chi connectivity index (χ0v) is 12.4. The van der Waals surface area contributed by atoms with E-state index in [0.29, 0.717) is 0 Å². The van der Waals surface area contributed by atoms with Crippen LogP contribution in [-0.4, -0.2) is 24.6 Å². The molecule has 0 atom stereocenters. The standard InChI is InChI=1S/C14H29NP/c1-4-7-11-16(14-10-15,12-8-5-2)13-9-6-3/h4-9,11-14H2,1-3H3/q+1. The average molecular weight is 242 g/mol. The van der Waals surface area contributed by atoms with E-state index in [1.807, 2.05) is 0 Å². The van der Waals surface area contributed by atoms with Crippen LogP contribution in [0.1, 0.15) is 59.3 Å². The molecule has 1 nitrogen and oxygen atoms in total. The molecular formula is C14H29NP+. The Morgan fingerprint density at radius 2 is 1.19 bits per heavy atom. The number of rotatable bonds is 10. The van der Waals surface area contributed by atoms with Crippen molar-refractivity contribution in [2.45, 2.75) is 59.3 Å². The molecule has 0 fully saturated rings. The SMILES string of the molecule is CCCC[P+](CC#N)(CCCC)CCCC. The van der Waals surface area contributed by atoms with Crippen molar-refractivity contribution in [2.24, 2.45) is 0 Å². The minimum absolute atomic E-state index is 0.882. The third-order valence-corrected chi connectivity index (χ3v) is 7.97. The maximum atomic E-state index is 9.08. The molecular weight excluding hydrogens is 213 g/mol. The van der Waals surface area contributed by atoms with E-state index in [1.54, 1.807) is 0 Å². The topological polar surface area (TPSA) is 23.8 Å². The van der Waals surface area contributed by atoms with Crippen molar-refractivity contribution in [3.63, 3.8) is 0 Å². The van der Waals surface area contributed by atoms with Crippen LogP contribution in [0.3, 0.4) is 0 Å². The maximum absolute atomic E-state index is 9.08. The van der Waals surface area contributed by atoms with E-state index in [9.17, 15) is 0 Å². The summed E-state index contributed by atoms with van der Waals surface area (Å²) >= 11 is 0. The number of unbranched alkanes of at least 4 members (excludes halogenated alkanes) is 3. The Hall–Kier alpha value is -0.0800. The molecule has 0 spiro atoms. The quantitative estimate of drug-likeness (QED) is 0.498. The molecule has 16 heavy (non-hydrogen) atoms. The van der Waals surface area contributed by atoms with Gasteiger partial charge in [-0.25, -0.2) is 0 Å². The van der Waals surface area contributed by atoms with Crippen LogP contribution in [-0.2, 0) is 0 Å². The van der Waals surface area contributed by atoms with Crippen LogP contribution in [0, 0.1) is 11.3 Å². The number of hydrogen-bond acceptors (Lipinski definition) is 1. The van der Waals surface area contributed by atoms with Crippen LogP contribution in [0.5, 0.6) is 0 Å². The van der Waals surface area contributed by atoms with Crippen LogP contribution in [0.4, 0.5) is 0 Å². The van der Waals surface area contributed by atoms with Gasteiger partial charge in [0.15, 0.2) is 0 Å². The Kier molecular flexibility index (Phi) is 10.0. The lowest BCUT2D eigenvalue weighted by molar-refractivity contribution is 0.836. The van der Waals surface area contributed by atoms with Gasteiger partial charge in [-0.1, -0.05) is 40.0 Å². The molecule has 0 aromatic carbocycles. The largest absolute Gasteiger partial charge is 0.194 e. The second-order valence-electron chi connectivity index (χ2n) is 4.89. The normalized spacial score (nSPS) is 11.4. The van der Waals surface area contributed by atoms with Gasteiger partial charge in [-0.15, -0.1) is 0 Å². The molecule has 0 heterocycles. The lowest BCUT2D eigenvalue weighted by Gasteiger charge is -2.25. The lowest BCUT2D eigenvalue weighted by Crippen LogP contribution is -2.11. The van der Waals surface area contributed by atoms with Gasteiger partial charge in [0, 0.05) is 7.26 Å². The Balaban J connectivity index is 4.39. The molecule has 0 amide bonds. The minimum Gasteiger partial charge on any atom is -0.194 e. The van der Waals surface area contributed by atoms with Crippen molar-refractivity contribution < 1.29 is 0 Å². The molecule has 0 aliphatic heterocycles. The van der Waals surface area contributed by atoms with Crippen LogP contribution < -0.4 is 0 Å². The van der Waals surface area contributed by atoms with Crippen LogP contribution in [0.15, 0.2) is 0 Å². The first kappa shape index (κ1) is 15.9. The Morgan fingerprint density at radius 3 is 1.44 bits per heavy atom. The molecule has 0 aliphatic carbocycles. The fraction of sp³-hybridized carbons (Fsp3) is 0.929. The fourth-order valence-corrected chi connectivity index (χ4v) is 6.61. The predicted octanol–water partition coefficient (Wildman–Crippen LogP) is 4.93. The lowest BCUT2D eigenvalue weighted by atomic mass is 10.4. The number of hydrogen-bond donors (Lipinski definition) is 0. The summed E-state index contributed by atoms with van der Waals surface area (Å²) in [7, 11) is -0.907. The van der Waals surface area contributed by atoms with Crippen LogP contribution in [0.25, 0.3) is 0 Å². The first-order chi connectivity index (χ1) is 7.74. The summed E-state index contributed by atoms with van der Waals surface area (Å²) < 4.78 is 0. The molecule has 0 bridgehead atoms. The average Bonchev–Trinajstić information content (AvgIpc) is 2.31. The van der Waals surface area contributed by atoms with E-state index in [1.165, 1.54) is 57.0 Å². The molecule has 0 radical (unpaired) electrons. The van der Waals surface area contributed by atoms with Crippen molar-refractivity contribution in [3.8, 4) is 6.07 Å². The van der Waals surface area contributed by atoms with Crippen molar-refractivity contribution in [2.75, 3.05) is 24.6 Å². The Morgan fingerprint density at radius 1 is 0.812 bits per heavy atom. The van der Waals surface area contributed by atoms with Crippen molar-refractivity contribution in [3.05, 3.63) is 0 Å². The van der Waals surface area contributed by atoms with E-state index in [2.05, 4.69) is 26.8 Å². The molecule has 0 saturated heterocycles. The van der Waals surface area contributed by atoms with Gasteiger partial charge in [-0.2, -0.15) is 5.26 Å². The monoisotopic (exact) mass is 242 g/mol. The third-order valence-electron chi connectivity index (χ3n) is 3.36. The van der Waals surface area contributed by atoms with E-state index >= 15 is 0 Å². The minimum atomic E-state index is -0.907. The fourth-order valence-electron chi connectivity index (χ4n) is 2.20. The molecule has 2 heteroatoms. The smallest absolute Gasteiger partial charge is 0.144 e. The molecule has 0 aromatic heterocycles. The van der Waals surface area contributed by atoms with E-state index < -0.39 is 7.26 Å². The molecule has 0 rings (SSSR count). The summed E-state index contributed by atoms with van der Waals surface area (Å²) in [4.78, 5) is 0. The van der Waals surface area contributed by atoms with Gasteiger partial charge in [-0.3, -0.25) is 0 Å².